The summed E-state index contributed by atoms with van der Waals surface area (Å²) in [5.74, 6) is 2.43. The summed E-state index contributed by atoms with van der Waals surface area (Å²) in [6.45, 7) is 6.45. The Bertz CT molecular complexity index is 943. The minimum Gasteiger partial charge on any atom is -0.481 e. The van der Waals surface area contributed by atoms with Crippen molar-refractivity contribution in [3.63, 3.8) is 0 Å². The number of hydrogen-bond acceptors (Lipinski definition) is 3. The number of aromatic nitrogens is 2. The number of amides is 1. The molecule has 1 aliphatic heterocycles. The molecule has 28 heavy (non-hydrogen) atoms. The maximum atomic E-state index is 12.7. The lowest BCUT2D eigenvalue weighted by atomic mass is 9.96. The summed E-state index contributed by atoms with van der Waals surface area (Å²) in [6.07, 6.45) is 1.56. The Morgan fingerprint density at radius 2 is 1.79 bits per heavy atom. The van der Waals surface area contributed by atoms with Gasteiger partial charge >= 0.3 is 0 Å². The van der Waals surface area contributed by atoms with E-state index in [-0.39, 0.29) is 5.91 Å². The zero-order valence-electron chi connectivity index (χ0n) is 16.5. The second-order valence-corrected chi connectivity index (χ2v) is 7.60. The summed E-state index contributed by atoms with van der Waals surface area (Å²) < 4.78 is 8.12. The van der Waals surface area contributed by atoms with E-state index in [4.69, 9.17) is 4.74 Å². The average molecular weight is 377 g/mol. The summed E-state index contributed by atoms with van der Waals surface area (Å²) >= 11 is 0. The number of carbonyl (C=O) groups is 1. The first-order valence-electron chi connectivity index (χ1n) is 10.0. The van der Waals surface area contributed by atoms with Gasteiger partial charge in [-0.1, -0.05) is 30.3 Å². The van der Waals surface area contributed by atoms with Crippen LogP contribution in [0.15, 0.2) is 54.6 Å². The molecule has 0 unspecified atom stereocenters. The van der Waals surface area contributed by atoms with E-state index in [2.05, 4.69) is 34.7 Å². The first-order chi connectivity index (χ1) is 13.6. The van der Waals surface area contributed by atoms with Crippen molar-refractivity contribution in [2.45, 2.75) is 39.3 Å². The van der Waals surface area contributed by atoms with Gasteiger partial charge in [-0.3, -0.25) is 4.79 Å². The van der Waals surface area contributed by atoms with Crippen molar-refractivity contribution in [2.75, 3.05) is 13.1 Å². The quantitative estimate of drug-likeness (QED) is 0.674. The van der Waals surface area contributed by atoms with E-state index in [9.17, 15) is 4.79 Å². The lowest BCUT2D eigenvalue weighted by Crippen LogP contribution is -2.45. The number of fused-ring (bicyclic) bond motifs is 1. The Balaban J connectivity index is 1.34. The van der Waals surface area contributed by atoms with E-state index in [0.717, 1.165) is 49.6 Å². The molecule has 0 bridgehead atoms. The highest BCUT2D eigenvalue weighted by molar-refractivity contribution is 5.81. The zero-order valence-corrected chi connectivity index (χ0v) is 16.5. The zero-order chi connectivity index (χ0) is 19.5. The molecule has 3 aromatic rings. The van der Waals surface area contributed by atoms with Crippen LogP contribution in [0.4, 0.5) is 0 Å². The number of nitrogens with zero attached hydrogens (tertiary/aromatic N) is 3. The van der Waals surface area contributed by atoms with Gasteiger partial charge in [0, 0.05) is 19.6 Å². The molecule has 1 aliphatic rings. The molecule has 1 saturated heterocycles. The molecule has 1 aromatic heterocycles. The first kappa shape index (κ1) is 18.5. The highest BCUT2D eigenvalue weighted by Gasteiger charge is 2.27. The van der Waals surface area contributed by atoms with Crippen molar-refractivity contribution >= 4 is 16.9 Å². The molecule has 0 spiro atoms. The van der Waals surface area contributed by atoms with Gasteiger partial charge in [-0.15, -0.1) is 0 Å². The third kappa shape index (κ3) is 3.88. The van der Waals surface area contributed by atoms with Gasteiger partial charge in [0.2, 0.25) is 0 Å². The number of ether oxygens (including phenoxy) is 1. The van der Waals surface area contributed by atoms with Crippen LogP contribution in [0.2, 0.25) is 0 Å². The number of imidazole rings is 1. The van der Waals surface area contributed by atoms with Crippen molar-refractivity contribution < 1.29 is 9.53 Å². The Hall–Kier alpha value is -2.82. The SMILES string of the molecule is Cc1nc2ccccc2n1CC1CCN(C(=O)[C@H](C)Oc2ccccc2)CC1. The molecule has 0 saturated carbocycles. The summed E-state index contributed by atoms with van der Waals surface area (Å²) in [5, 5.41) is 0. The Morgan fingerprint density at radius 1 is 1.11 bits per heavy atom. The van der Waals surface area contributed by atoms with Crippen LogP contribution in [-0.2, 0) is 11.3 Å². The second-order valence-electron chi connectivity index (χ2n) is 7.60. The number of rotatable bonds is 5. The number of piperidine rings is 1. The normalized spacial score (nSPS) is 16.3. The third-order valence-corrected chi connectivity index (χ3v) is 5.62. The van der Waals surface area contributed by atoms with Crippen molar-refractivity contribution in [1.82, 2.24) is 14.5 Å². The van der Waals surface area contributed by atoms with Crippen LogP contribution in [0, 0.1) is 12.8 Å². The van der Waals surface area contributed by atoms with Crippen molar-refractivity contribution in [1.29, 1.82) is 0 Å². The van der Waals surface area contributed by atoms with Crippen LogP contribution in [0.3, 0.4) is 0 Å². The largest absolute Gasteiger partial charge is 0.481 e. The van der Waals surface area contributed by atoms with Crippen molar-refractivity contribution in [3.05, 3.63) is 60.4 Å². The van der Waals surface area contributed by atoms with Crippen LogP contribution in [0.5, 0.6) is 5.75 Å². The monoisotopic (exact) mass is 377 g/mol. The van der Waals surface area contributed by atoms with E-state index < -0.39 is 6.10 Å². The van der Waals surface area contributed by atoms with Crippen LogP contribution in [-0.4, -0.2) is 39.6 Å². The van der Waals surface area contributed by atoms with E-state index in [0.29, 0.717) is 5.92 Å². The molecule has 4 rings (SSSR count). The first-order valence-corrected chi connectivity index (χ1v) is 10.0. The van der Waals surface area contributed by atoms with E-state index in [1.165, 1.54) is 5.52 Å². The topological polar surface area (TPSA) is 47.4 Å². The molecule has 0 radical (unpaired) electrons. The number of benzene rings is 2. The molecule has 5 nitrogen and oxygen atoms in total. The molecule has 1 amide bonds. The van der Waals surface area contributed by atoms with Crippen LogP contribution in [0.25, 0.3) is 11.0 Å². The van der Waals surface area contributed by atoms with E-state index >= 15 is 0 Å². The fourth-order valence-electron chi connectivity index (χ4n) is 4.03. The van der Waals surface area contributed by atoms with Crippen LogP contribution < -0.4 is 4.74 Å². The highest BCUT2D eigenvalue weighted by Crippen LogP contribution is 2.24. The third-order valence-electron chi connectivity index (χ3n) is 5.62. The van der Waals surface area contributed by atoms with Gasteiger partial charge in [0.15, 0.2) is 6.10 Å². The predicted octanol–water partition coefficient (Wildman–Crippen LogP) is 4.05. The molecule has 0 aliphatic carbocycles. The average Bonchev–Trinajstić information content (AvgIpc) is 3.04. The van der Waals surface area contributed by atoms with Crippen LogP contribution in [0.1, 0.15) is 25.6 Å². The Labute approximate surface area is 165 Å². The van der Waals surface area contributed by atoms with Gasteiger partial charge in [-0.2, -0.15) is 0 Å². The Kier molecular flexibility index (Phi) is 5.33. The maximum absolute atomic E-state index is 12.7. The summed E-state index contributed by atoms with van der Waals surface area (Å²) in [5.41, 5.74) is 2.25. The van der Waals surface area contributed by atoms with Crippen molar-refractivity contribution in [2.24, 2.45) is 5.92 Å². The molecule has 5 heteroatoms. The van der Waals surface area contributed by atoms with Gasteiger partial charge in [-0.05, 0) is 56.9 Å². The lowest BCUT2D eigenvalue weighted by molar-refractivity contribution is -0.139. The smallest absolute Gasteiger partial charge is 0.263 e. The van der Waals surface area contributed by atoms with Gasteiger partial charge < -0.3 is 14.2 Å². The summed E-state index contributed by atoms with van der Waals surface area (Å²) in [4.78, 5) is 19.4. The standard InChI is InChI=1S/C23H27N3O2/c1-17(28-20-8-4-3-5-9-20)23(27)25-14-12-19(13-15-25)16-26-18(2)24-21-10-6-7-11-22(21)26/h3-11,17,19H,12-16H2,1-2H3/t17-/m0/s1. The molecule has 0 N–H and O–H groups in total. The molecular weight excluding hydrogens is 350 g/mol. The number of para-hydroxylation sites is 3. The van der Waals surface area contributed by atoms with Gasteiger partial charge in [0.05, 0.1) is 11.0 Å². The van der Waals surface area contributed by atoms with Crippen molar-refractivity contribution in [3.8, 4) is 5.75 Å². The van der Waals surface area contributed by atoms with Gasteiger partial charge in [0.1, 0.15) is 11.6 Å². The van der Waals surface area contributed by atoms with Gasteiger partial charge in [-0.25, -0.2) is 4.98 Å². The molecule has 146 valence electrons. The minimum absolute atomic E-state index is 0.0755. The van der Waals surface area contributed by atoms with Crippen LogP contribution >= 0.6 is 0 Å². The number of hydrogen-bond donors (Lipinski definition) is 0. The number of aryl methyl sites for hydroxylation is 1. The fourth-order valence-corrected chi connectivity index (χ4v) is 4.03. The van der Waals surface area contributed by atoms with Gasteiger partial charge in [0.25, 0.3) is 5.91 Å². The summed E-state index contributed by atoms with van der Waals surface area (Å²) in [6, 6.07) is 17.8. The number of carbonyl (C=O) groups excluding carboxylic acids is 1. The minimum atomic E-state index is -0.459. The summed E-state index contributed by atoms with van der Waals surface area (Å²) in [7, 11) is 0. The predicted molar refractivity (Wildman–Crippen MR) is 110 cm³/mol. The molecular formula is C23H27N3O2. The second kappa shape index (κ2) is 8.05. The molecule has 2 aromatic carbocycles. The maximum Gasteiger partial charge on any atom is 0.263 e. The highest BCUT2D eigenvalue weighted by atomic mass is 16.5. The molecule has 1 atom stereocenters. The number of likely N-dealkylation sites (tertiary alicyclic amines) is 1. The fraction of sp³-hybridized carbons (Fsp3) is 0.391. The van der Waals surface area contributed by atoms with E-state index in [1.807, 2.05) is 48.2 Å². The van der Waals surface area contributed by atoms with E-state index in [1.54, 1.807) is 0 Å². The molecule has 1 fully saturated rings. The Morgan fingerprint density at radius 3 is 2.54 bits per heavy atom. The molecule has 2 heterocycles. The lowest BCUT2D eigenvalue weighted by Gasteiger charge is -2.34.